The monoisotopic (exact) mass is 214 g/mol. The largest absolute Gasteiger partial charge is 0.395 e. The lowest BCUT2D eigenvalue weighted by atomic mass is 10.4. The molecule has 7 heteroatoms. The molecule has 1 aromatic heterocycles. The van der Waals surface area contributed by atoms with Crippen molar-refractivity contribution in [2.24, 2.45) is 0 Å². The van der Waals surface area contributed by atoms with Crippen LogP contribution in [0.4, 0.5) is 11.5 Å². The number of nitrogen functional groups attached to an aromatic ring is 1. The first-order valence-electron chi connectivity index (χ1n) is 4.50. The Hall–Kier alpha value is -1.60. The van der Waals surface area contributed by atoms with E-state index in [1.807, 2.05) is 0 Å². The molecular formula is C8H14N4O3. The first-order valence-corrected chi connectivity index (χ1v) is 4.50. The van der Waals surface area contributed by atoms with E-state index in [0.717, 1.165) is 0 Å². The molecule has 0 bridgehead atoms. The maximum Gasteiger partial charge on any atom is 0.276 e. The third-order valence-corrected chi connectivity index (χ3v) is 1.91. The van der Waals surface area contributed by atoms with E-state index in [4.69, 9.17) is 15.9 Å². The Bertz CT molecular complexity index is 359. The van der Waals surface area contributed by atoms with Crippen LogP contribution in [0.2, 0.25) is 0 Å². The highest BCUT2D eigenvalue weighted by Gasteiger charge is 2.12. The number of aliphatic hydroxyl groups excluding tert-OH is 2. The summed E-state index contributed by atoms with van der Waals surface area (Å²) in [4.78, 5) is 19.0. The van der Waals surface area contributed by atoms with Crippen molar-refractivity contribution in [1.29, 1.82) is 0 Å². The van der Waals surface area contributed by atoms with Gasteiger partial charge in [0, 0.05) is 13.1 Å². The summed E-state index contributed by atoms with van der Waals surface area (Å²) in [7, 11) is 0. The number of hydrogen-bond acceptors (Lipinski definition) is 6. The van der Waals surface area contributed by atoms with E-state index >= 15 is 0 Å². The van der Waals surface area contributed by atoms with E-state index in [0.29, 0.717) is 0 Å². The van der Waals surface area contributed by atoms with Gasteiger partial charge in [0.05, 0.1) is 19.5 Å². The molecule has 1 aromatic rings. The molecule has 0 fully saturated rings. The Balaban J connectivity index is 2.99. The molecule has 1 heterocycles. The van der Waals surface area contributed by atoms with Crippen LogP contribution in [0.25, 0.3) is 0 Å². The van der Waals surface area contributed by atoms with Gasteiger partial charge >= 0.3 is 0 Å². The van der Waals surface area contributed by atoms with Crippen molar-refractivity contribution in [3.8, 4) is 0 Å². The summed E-state index contributed by atoms with van der Waals surface area (Å²) in [5, 5.41) is 17.6. The molecule has 15 heavy (non-hydrogen) atoms. The third kappa shape index (κ3) is 2.67. The molecule has 0 saturated heterocycles. The molecule has 84 valence electrons. The van der Waals surface area contributed by atoms with Crippen LogP contribution < -0.4 is 16.2 Å². The first-order chi connectivity index (χ1) is 7.20. The molecule has 5 N–H and O–H groups in total. The molecule has 0 aliphatic heterocycles. The van der Waals surface area contributed by atoms with Crippen molar-refractivity contribution in [1.82, 2.24) is 9.97 Å². The molecule has 0 unspecified atom stereocenters. The van der Waals surface area contributed by atoms with Gasteiger partial charge in [-0.3, -0.25) is 4.79 Å². The SMILES string of the molecule is Nc1c(N(CCO)CCO)nc[nH]c1=O. The first kappa shape index (κ1) is 11.5. The fraction of sp³-hybridized carbons (Fsp3) is 0.500. The predicted octanol–water partition coefficient (Wildman–Crippen LogP) is -1.86. The molecule has 0 aromatic carbocycles. The second-order valence-corrected chi connectivity index (χ2v) is 2.90. The number of hydrogen-bond donors (Lipinski definition) is 4. The summed E-state index contributed by atoms with van der Waals surface area (Å²) in [6.45, 7) is 0.324. The second kappa shape index (κ2) is 5.32. The number of aromatic nitrogens is 2. The minimum absolute atomic E-state index is 0.0144. The smallest absolute Gasteiger partial charge is 0.276 e. The van der Waals surface area contributed by atoms with E-state index < -0.39 is 5.56 Å². The van der Waals surface area contributed by atoms with Gasteiger partial charge in [0.1, 0.15) is 5.69 Å². The van der Waals surface area contributed by atoms with Gasteiger partial charge in [-0.25, -0.2) is 4.98 Å². The van der Waals surface area contributed by atoms with Gasteiger partial charge < -0.3 is 25.8 Å². The zero-order valence-electron chi connectivity index (χ0n) is 8.18. The van der Waals surface area contributed by atoms with Gasteiger partial charge in [-0.2, -0.15) is 0 Å². The number of rotatable bonds is 5. The van der Waals surface area contributed by atoms with Crippen molar-refractivity contribution in [3.05, 3.63) is 16.7 Å². The normalized spacial score (nSPS) is 10.3. The molecule has 0 radical (unpaired) electrons. The van der Waals surface area contributed by atoms with Gasteiger partial charge in [-0.15, -0.1) is 0 Å². The molecule has 0 saturated carbocycles. The number of nitrogens with two attached hydrogens (primary N) is 1. The molecule has 1 rings (SSSR count). The van der Waals surface area contributed by atoms with Crippen LogP contribution in [0.1, 0.15) is 0 Å². The summed E-state index contributed by atoms with van der Waals surface area (Å²) >= 11 is 0. The predicted molar refractivity (Wildman–Crippen MR) is 55.7 cm³/mol. The number of aromatic amines is 1. The number of anilines is 2. The summed E-state index contributed by atoms with van der Waals surface area (Å²) in [6.07, 6.45) is 1.23. The van der Waals surface area contributed by atoms with Crippen molar-refractivity contribution in [2.75, 3.05) is 36.9 Å². The Morgan fingerprint density at radius 3 is 2.53 bits per heavy atom. The van der Waals surface area contributed by atoms with Crippen molar-refractivity contribution >= 4 is 11.5 Å². The van der Waals surface area contributed by atoms with E-state index in [1.165, 1.54) is 6.33 Å². The maximum absolute atomic E-state index is 11.2. The molecule has 0 aliphatic carbocycles. The van der Waals surface area contributed by atoms with Gasteiger partial charge in [0.15, 0.2) is 5.82 Å². The lowest BCUT2D eigenvalue weighted by Gasteiger charge is -2.22. The molecule has 7 nitrogen and oxygen atoms in total. The Labute approximate surface area is 86.2 Å². The Kier molecular flexibility index (Phi) is 4.07. The molecular weight excluding hydrogens is 200 g/mol. The fourth-order valence-corrected chi connectivity index (χ4v) is 1.22. The van der Waals surface area contributed by atoms with E-state index in [-0.39, 0.29) is 37.8 Å². The minimum Gasteiger partial charge on any atom is -0.395 e. The summed E-state index contributed by atoms with van der Waals surface area (Å²) in [5.74, 6) is 0.279. The van der Waals surface area contributed by atoms with Crippen LogP contribution in [-0.4, -0.2) is 46.5 Å². The summed E-state index contributed by atoms with van der Waals surface area (Å²) < 4.78 is 0. The Morgan fingerprint density at radius 1 is 1.40 bits per heavy atom. The van der Waals surface area contributed by atoms with Gasteiger partial charge in [0.25, 0.3) is 5.56 Å². The van der Waals surface area contributed by atoms with Crippen molar-refractivity contribution in [3.63, 3.8) is 0 Å². The summed E-state index contributed by atoms with van der Waals surface area (Å²) in [6, 6.07) is 0. The zero-order chi connectivity index (χ0) is 11.3. The molecule has 0 aliphatic rings. The topological polar surface area (TPSA) is 115 Å². The highest BCUT2D eigenvalue weighted by atomic mass is 16.3. The molecule has 0 atom stereocenters. The third-order valence-electron chi connectivity index (χ3n) is 1.91. The van der Waals surface area contributed by atoms with Crippen LogP contribution >= 0.6 is 0 Å². The van der Waals surface area contributed by atoms with Crippen molar-refractivity contribution in [2.45, 2.75) is 0 Å². The second-order valence-electron chi connectivity index (χ2n) is 2.90. The number of H-pyrrole nitrogens is 1. The van der Waals surface area contributed by atoms with Crippen LogP contribution in [-0.2, 0) is 0 Å². The number of nitrogens with zero attached hydrogens (tertiary/aromatic N) is 2. The maximum atomic E-state index is 11.2. The Morgan fingerprint density at radius 2 is 2.00 bits per heavy atom. The van der Waals surface area contributed by atoms with Crippen molar-refractivity contribution < 1.29 is 10.2 Å². The van der Waals surface area contributed by atoms with Crippen LogP contribution in [0.15, 0.2) is 11.1 Å². The summed E-state index contributed by atoms with van der Waals surface area (Å²) in [5.41, 5.74) is 5.09. The van der Waals surface area contributed by atoms with Gasteiger partial charge in [-0.05, 0) is 0 Å². The minimum atomic E-state index is -0.430. The highest BCUT2D eigenvalue weighted by Crippen LogP contribution is 2.13. The average molecular weight is 214 g/mol. The quantitative estimate of drug-likeness (QED) is 0.457. The average Bonchev–Trinajstić information content (AvgIpc) is 2.22. The lowest BCUT2D eigenvalue weighted by Crippen LogP contribution is -2.32. The lowest BCUT2D eigenvalue weighted by molar-refractivity contribution is 0.280. The number of aliphatic hydroxyl groups is 2. The van der Waals surface area contributed by atoms with Crippen LogP contribution in [0, 0.1) is 0 Å². The molecule has 0 amide bonds. The molecule has 0 spiro atoms. The fourth-order valence-electron chi connectivity index (χ4n) is 1.22. The highest BCUT2D eigenvalue weighted by molar-refractivity contribution is 5.60. The standard InChI is InChI=1S/C8H14N4O3/c9-6-7(10-5-11-8(6)15)12(1-3-13)2-4-14/h5,13-14H,1-4,9H2,(H,10,11,15). The van der Waals surface area contributed by atoms with Crippen LogP contribution in [0.3, 0.4) is 0 Å². The zero-order valence-corrected chi connectivity index (χ0v) is 8.18. The van der Waals surface area contributed by atoms with E-state index in [9.17, 15) is 4.79 Å². The van der Waals surface area contributed by atoms with E-state index in [1.54, 1.807) is 4.90 Å². The number of nitrogens with one attached hydrogen (secondary N) is 1. The van der Waals surface area contributed by atoms with Crippen LogP contribution in [0.5, 0.6) is 0 Å². The van der Waals surface area contributed by atoms with Gasteiger partial charge in [0.2, 0.25) is 0 Å². The van der Waals surface area contributed by atoms with Gasteiger partial charge in [-0.1, -0.05) is 0 Å². The van der Waals surface area contributed by atoms with E-state index in [2.05, 4.69) is 9.97 Å².